The van der Waals surface area contributed by atoms with E-state index in [2.05, 4.69) is 16.0 Å². The van der Waals surface area contributed by atoms with Crippen molar-refractivity contribution in [1.82, 2.24) is 16.0 Å². The van der Waals surface area contributed by atoms with Crippen LogP contribution in [0.3, 0.4) is 0 Å². The summed E-state index contributed by atoms with van der Waals surface area (Å²) >= 11 is 0. The highest BCUT2D eigenvalue weighted by Gasteiger charge is 2.24. The van der Waals surface area contributed by atoms with Crippen molar-refractivity contribution < 1.29 is 58.4 Å². The number of amides is 3. The third-order valence-electron chi connectivity index (χ3n) is 6.88. The number of hydrogen-bond donors (Lipinski definition) is 6. The summed E-state index contributed by atoms with van der Waals surface area (Å²) < 4.78 is 10.3. The zero-order valence-electron chi connectivity index (χ0n) is 27.0. The van der Waals surface area contributed by atoms with Crippen molar-refractivity contribution in [2.45, 2.75) is 122 Å². The van der Waals surface area contributed by atoms with E-state index in [0.29, 0.717) is 12.8 Å². The summed E-state index contributed by atoms with van der Waals surface area (Å²) in [4.78, 5) is 81.0. The van der Waals surface area contributed by atoms with Gasteiger partial charge in [-0.15, -0.1) is 0 Å². The number of ketones is 1. The molecule has 0 bridgehead atoms. The molecule has 0 rings (SSSR count). The van der Waals surface area contributed by atoms with E-state index >= 15 is 0 Å². The predicted molar refractivity (Wildman–Crippen MR) is 166 cm³/mol. The highest BCUT2D eigenvalue weighted by atomic mass is 16.5. The molecule has 3 amide bonds. The van der Waals surface area contributed by atoms with Crippen LogP contribution in [0.4, 0.5) is 0 Å². The van der Waals surface area contributed by atoms with Gasteiger partial charge in [-0.25, -0.2) is 9.59 Å². The van der Waals surface area contributed by atoms with Gasteiger partial charge < -0.3 is 40.7 Å². The predicted octanol–water partition coefficient (Wildman–Crippen LogP) is 2.19. The van der Waals surface area contributed by atoms with Crippen LogP contribution >= 0.6 is 0 Å². The van der Waals surface area contributed by atoms with Crippen LogP contribution in [0.5, 0.6) is 0 Å². The summed E-state index contributed by atoms with van der Waals surface area (Å²) in [5, 5.41) is 34.8. The summed E-state index contributed by atoms with van der Waals surface area (Å²) in [7, 11) is 0. The fourth-order valence-electron chi connectivity index (χ4n) is 4.36. The first-order valence-corrected chi connectivity index (χ1v) is 16.1. The van der Waals surface area contributed by atoms with Gasteiger partial charge in [-0.2, -0.15) is 0 Å². The molecule has 0 spiro atoms. The number of carbonyl (C=O) groups is 7. The zero-order valence-corrected chi connectivity index (χ0v) is 27.0. The van der Waals surface area contributed by atoms with Gasteiger partial charge in [0.1, 0.15) is 18.7 Å². The quantitative estimate of drug-likeness (QED) is 0.0588. The highest BCUT2D eigenvalue weighted by Crippen LogP contribution is 2.12. The molecule has 0 aliphatic heterocycles. The standard InChI is InChI=1S/C31H53N3O12/c1-23(35)22-46-21-20-45-19-18-32-26(36)16-14-24(30(41)42)34-28(38)17-15-25(31(43)44)33-27(37)12-10-8-6-4-2-3-5-7-9-11-13-29(39)40/h24-25H,2-22H2,1H3,(H,32,36)(H,33,37)(H,34,38)(H,39,40)(H,41,42)(H,43,44)/t24-,25-/m0/s1. The number of carboxylic acids is 3. The Kier molecular flexibility index (Phi) is 25.5. The maximum atomic E-state index is 12.3. The lowest BCUT2D eigenvalue weighted by Crippen LogP contribution is -2.44. The van der Waals surface area contributed by atoms with Crippen LogP contribution in [-0.2, 0) is 43.0 Å². The Morgan fingerprint density at radius 1 is 0.543 bits per heavy atom. The largest absolute Gasteiger partial charge is 0.481 e. The van der Waals surface area contributed by atoms with Crippen LogP contribution in [0.1, 0.15) is 110 Å². The Morgan fingerprint density at radius 2 is 0.978 bits per heavy atom. The third kappa shape index (κ3) is 26.8. The second-order valence-electron chi connectivity index (χ2n) is 11.1. The van der Waals surface area contributed by atoms with Crippen molar-refractivity contribution in [3.05, 3.63) is 0 Å². The van der Waals surface area contributed by atoms with E-state index in [1.54, 1.807) is 0 Å². The number of rotatable bonds is 31. The van der Waals surface area contributed by atoms with E-state index in [1.165, 1.54) is 6.92 Å². The fourth-order valence-corrected chi connectivity index (χ4v) is 4.36. The second-order valence-corrected chi connectivity index (χ2v) is 11.1. The lowest BCUT2D eigenvalue weighted by molar-refractivity contribution is -0.143. The highest BCUT2D eigenvalue weighted by molar-refractivity contribution is 5.86. The van der Waals surface area contributed by atoms with Gasteiger partial charge in [0.2, 0.25) is 17.7 Å². The minimum Gasteiger partial charge on any atom is -0.481 e. The van der Waals surface area contributed by atoms with Gasteiger partial charge in [-0.1, -0.05) is 51.4 Å². The van der Waals surface area contributed by atoms with E-state index in [-0.39, 0.29) is 77.3 Å². The molecule has 0 saturated heterocycles. The number of nitrogens with one attached hydrogen (secondary N) is 3. The minimum absolute atomic E-state index is 0.00264. The molecule has 264 valence electrons. The molecule has 0 aliphatic carbocycles. The van der Waals surface area contributed by atoms with E-state index in [1.807, 2.05) is 0 Å². The van der Waals surface area contributed by atoms with Gasteiger partial charge in [0.05, 0.1) is 19.8 Å². The maximum Gasteiger partial charge on any atom is 0.326 e. The van der Waals surface area contributed by atoms with Crippen molar-refractivity contribution in [2.24, 2.45) is 0 Å². The molecule has 6 N–H and O–H groups in total. The number of unbranched alkanes of at least 4 members (excludes halogenated alkanes) is 9. The Hall–Kier alpha value is -3.59. The molecule has 0 aromatic carbocycles. The molecule has 0 unspecified atom stereocenters. The van der Waals surface area contributed by atoms with Crippen molar-refractivity contribution in [3.63, 3.8) is 0 Å². The minimum atomic E-state index is -1.35. The topological polar surface area (TPSA) is 235 Å². The summed E-state index contributed by atoms with van der Waals surface area (Å²) in [5.41, 5.74) is 0. The smallest absolute Gasteiger partial charge is 0.326 e. The number of carboxylic acid groups (broad SMARTS) is 3. The molecule has 0 saturated carbocycles. The Labute approximate surface area is 270 Å². The summed E-state index contributed by atoms with van der Waals surface area (Å²) in [5.74, 6) is -5.09. The third-order valence-corrected chi connectivity index (χ3v) is 6.88. The molecule has 0 aliphatic rings. The van der Waals surface area contributed by atoms with E-state index in [9.17, 15) is 43.8 Å². The first-order valence-electron chi connectivity index (χ1n) is 16.1. The number of aliphatic carboxylic acids is 3. The van der Waals surface area contributed by atoms with E-state index < -0.39 is 47.7 Å². The Morgan fingerprint density at radius 3 is 1.46 bits per heavy atom. The zero-order chi connectivity index (χ0) is 34.6. The first kappa shape index (κ1) is 42.4. The monoisotopic (exact) mass is 659 g/mol. The van der Waals surface area contributed by atoms with Crippen molar-refractivity contribution in [2.75, 3.05) is 33.0 Å². The van der Waals surface area contributed by atoms with Crippen molar-refractivity contribution >= 4 is 41.4 Å². The maximum absolute atomic E-state index is 12.3. The average molecular weight is 660 g/mol. The van der Waals surface area contributed by atoms with Crippen LogP contribution in [-0.4, -0.2) is 102 Å². The molecule has 0 heterocycles. The van der Waals surface area contributed by atoms with E-state index in [4.69, 9.17) is 14.6 Å². The van der Waals surface area contributed by atoms with Crippen LogP contribution in [0.2, 0.25) is 0 Å². The molecular formula is C31H53N3O12. The van der Waals surface area contributed by atoms with Crippen molar-refractivity contribution in [3.8, 4) is 0 Å². The normalized spacial score (nSPS) is 12.1. The summed E-state index contributed by atoms with van der Waals surface area (Å²) in [6, 6.07) is -2.65. The van der Waals surface area contributed by atoms with Gasteiger partial charge >= 0.3 is 17.9 Å². The van der Waals surface area contributed by atoms with Gasteiger partial charge in [0.25, 0.3) is 0 Å². The van der Waals surface area contributed by atoms with Crippen LogP contribution < -0.4 is 16.0 Å². The van der Waals surface area contributed by atoms with Crippen LogP contribution in [0.15, 0.2) is 0 Å². The lowest BCUT2D eigenvalue weighted by atomic mass is 10.0. The number of Topliss-reactive ketones (excluding diaryl/α,β-unsaturated/α-hetero) is 1. The molecule has 0 fully saturated rings. The molecular weight excluding hydrogens is 606 g/mol. The molecule has 0 radical (unpaired) electrons. The number of hydrogen-bond acceptors (Lipinski definition) is 9. The molecule has 2 atom stereocenters. The molecule has 46 heavy (non-hydrogen) atoms. The van der Waals surface area contributed by atoms with Crippen molar-refractivity contribution in [1.29, 1.82) is 0 Å². The fraction of sp³-hybridized carbons (Fsp3) is 0.774. The average Bonchev–Trinajstić information content (AvgIpc) is 2.98. The van der Waals surface area contributed by atoms with Gasteiger partial charge in [0.15, 0.2) is 5.78 Å². The Bertz CT molecular complexity index is 944. The number of carbonyl (C=O) groups excluding carboxylic acids is 4. The second kappa shape index (κ2) is 27.7. The molecule has 15 nitrogen and oxygen atoms in total. The van der Waals surface area contributed by atoms with Gasteiger partial charge in [0, 0.05) is 32.2 Å². The molecule has 0 aromatic heterocycles. The summed E-state index contributed by atoms with van der Waals surface area (Å²) in [6.45, 7) is 2.25. The van der Waals surface area contributed by atoms with Crippen LogP contribution in [0, 0.1) is 0 Å². The Balaban J connectivity index is 4.15. The lowest BCUT2D eigenvalue weighted by Gasteiger charge is -2.17. The summed E-state index contributed by atoms with van der Waals surface area (Å²) in [6.07, 6.45) is 8.76. The van der Waals surface area contributed by atoms with Gasteiger partial charge in [-0.3, -0.25) is 24.0 Å². The molecule has 0 aromatic rings. The van der Waals surface area contributed by atoms with E-state index in [0.717, 1.165) is 51.4 Å². The SMILES string of the molecule is CC(=O)COCCOCCNC(=O)CC[C@H](NC(=O)CC[C@H](NC(=O)CCCCCCCCCCCCC(=O)O)C(=O)O)C(=O)O. The van der Waals surface area contributed by atoms with Gasteiger partial charge in [-0.05, 0) is 32.6 Å². The first-order chi connectivity index (χ1) is 21.9. The molecule has 15 heteroatoms. The number of ether oxygens (including phenoxy) is 2. The van der Waals surface area contributed by atoms with Crippen LogP contribution in [0.25, 0.3) is 0 Å².